The van der Waals surface area contributed by atoms with Gasteiger partial charge in [-0.25, -0.2) is 0 Å². The third-order valence-corrected chi connectivity index (χ3v) is 4.29. The van der Waals surface area contributed by atoms with Crippen molar-refractivity contribution in [1.82, 2.24) is 4.57 Å². The molecule has 92 valence electrons. The van der Waals surface area contributed by atoms with Crippen molar-refractivity contribution in [2.45, 2.75) is 38.3 Å². The topological polar surface area (TPSA) is 4.93 Å². The van der Waals surface area contributed by atoms with Crippen molar-refractivity contribution in [3.05, 3.63) is 35.0 Å². The summed E-state index contributed by atoms with van der Waals surface area (Å²) < 4.78 is 2.24. The number of benzene rings is 1. The van der Waals surface area contributed by atoms with Gasteiger partial charge in [-0.15, -0.1) is 0 Å². The molecule has 1 aromatic heterocycles. The molecule has 1 heterocycles. The standard InChI is InChI=1S/C14H18ClNS/c1-4-16-8-11(9-17-10(2)3)12-6-5-7-13(15)14(12)16/h5-8,10H,4,9H2,1-3H3. The molecule has 3 heteroatoms. The molecule has 0 saturated carbocycles. The van der Waals surface area contributed by atoms with Crippen LogP contribution in [-0.2, 0) is 12.3 Å². The number of hydrogen-bond acceptors (Lipinski definition) is 1. The molecule has 0 aliphatic heterocycles. The second kappa shape index (κ2) is 5.36. The van der Waals surface area contributed by atoms with Gasteiger partial charge in [-0.1, -0.05) is 37.6 Å². The fourth-order valence-corrected chi connectivity index (χ4v) is 3.04. The van der Waals surface area contributed by atoms with Gasteiger partial charge in [0, 0.05) is 23.9 Å². The highest BCUT2D eigenvalue weighted by atomic mass is 35.5. The van der Waals surface area contributed by atoms with Crippen LogP contribution in [0.5, 0.6) is 0 Å². The fourth-order valence-electron chi connectivity index (χ4n) is 2.01. The molecule has 0 unspecified atom stereocenters. The minimum Gasteiger partial charge on any atom is -0.346 e. The molecule has 0 amide bonds. The lowest BCUT2D eigenvalue weighted by atomic mass is 10.2. The van der Waals surface area contributed by atoms with Gasteiger partial charge in [-0.05, 0) is 23.8 Å². The minimum absolute atomic E-state index is 0.661. The number of fused-ring (bicyclic) bond motifs is 1. The van der Waals surface area contributed by atoms with Crippen LogP contribution in [0.3, 0.4) is 0 Å². The van der Waals surface area contributed by atoms with E-state index in [4.69, 9.17) is 11.6 Å². The molecule has 0 radical (unpaired) electrons. The van der Waals surface area contributed by atoms with Gasteiger partial charge in [-0.3, -0.25) is 0 Å². The zero-order valence-corrected chi connectivity index (χ0v) is 12.1. The fraction of sp³-hybridized carbons (Fsp3) is 0.429. The van der Waals surface area contributed by atoms with Crippen LogP contribution in [0.4, 0.5) is 0 Å². The second-order valence-electron chi connectivity index (χ2n) is 4.44. The molecule has 0 atom stereocenters. The van der Waals surface area contributed by atoms with E-state index in [1.54, 1.807) is 0 Å². The number of para-hydroxylation sites is 1. The van der Waals surface area contributed by atoms with Crippen molar-refractivity contribution >= 4 is 34.3 Å². The third-order valence-electron chi connectivity index (χ3n) is 2.84. The largest absolute Gasteiger partial charge is 0.346 e. The second-order valence-corrected chi connectivity index (χ2v) is 6.41. The van der Waals surface area contributed by atoms with Crippen LogP contribution >= 0.6 is 23.4 Å². The van der Waals surface area contributed by atoms with Gasteiger partial charge in [0.2, 0.25) is 0 Å². The van der Waals surface area contributed by atoms with Gasteiger partial charge in [0.1, 0.15) is 0 Å². The summed E-state index contributed by atoms with van der Waals surface area (Å²) in [5.74, 6) is 1.06. The van der Waals surface area contributed by atoms with E-state index in [2.05, 4.69) is 37.6 Å². The zero-order valence-electron chi connectivity index (χ0n) is 10.5. The van der Waals surface area contributed by atoms with Gasteiger partial charge in [0.05, 0.1) is 10.5 Å². The first kappa shape index (κ1) is 12.8. The van der Waals surface area contributed by atoms with Crippen molar-refractivity contribution in [2.24, 2.45) is 0 Å². The molecular formula is C14H18ClNS. The minimum atomic E-state index is 0.661. The Hall–Kier alpha value is -0.600. The number of hydrogen-bond donors (Lipinski definition) is 0. The predicted molar refractivity (Wildman–Crippen MR) is 79.1 cm³/mol. The SMILES string of the molecule is CCn1cc(CSC(C)C)c2cccc(Cl)c21. The first-order valence-electron chi connectivity index (χ1n) is 6.01. The zero-order chi connectivity index (χ0) is 12.4. The van der Waals surface area contributed by atoms with Crippen LogP contribution in [0.15, 0.2) is 24.4 Å². The quantitative estimate of drug-likeness (QED) is 0.758. The van der Waals surface area contributed by atoms with E-state index in [0.29, 0.717) is 5.25 Å². The number of halogens is 1. The number of thioether (sulfide) groups is 1. The Bertz CT molecular complexity index is 516. The van der Waals surface area contributed by atoms with E-state index in [9.17, 15) is 0 Å². The Kier molecular flexibility index (Phi) is 4.05. The first-order chi connectivity index (χ1) is 8.13. The van der Waals surface area contributed by atoms with Gasteiger partial charge < -0.3 is 4.57 Å². The lowest BCUT2D eigenvalue weighted by Gasteiger charge is -2.03. The summed E-state index contributed by atoms with van der Waals surface area (Å²) in [6.45, 7) is 7.59. The van der Waals surface area contributed by atoms with Crippen molar-refractivity contribution in [3.8, 4) is 0 Å². The highest BCUT2D eigenvalue weighted by molar-refractivity contribution is 7.99. The summed E-state index contributed by atoms with van der Waals surface area (Å²) >= 11 is 8.26. The molecule has 0 N–H and O–H groups in total. The maximum atomic E-state index is 6.29. The van der Waals surface area contributed by atoms with E-state index in [-0.39, 0.29) is 0 Å². The smallest absolute Gasteiger partial charge is 0.0672 e. The maximum Gasteiger partial charge on any atom is 0.0672 e. The number of rotatable bonds is 4. The molecule has 0 aliphatic rings. The van der Waals surface area contributed by atoms with E-state index in [0.717, 1.165) is 17.3 Å². The average Bonchev–Trinajstić information content (AvgIpc) is 2.66. The Labute approximate surface area is 112 Å². The summed E-state index contributed by atoms with van der Waals surface area (Å²) in [5.41, 5.74) is 2.57. The Morgan fingerprint density at radius 2 is 2.12 bits per heavy atom. The molecule has 2 aromatic rings. The van der Waals surface area contributed by atoms with Gasteiger partial charge in [-0.2, -0.15) is 11.8 Å². The Balaban J connectivity index is 2.46. The van der Waals surface area contributed by atoms with E-state index in [1.165, 1.54) is 16.5 Å². The number of aromatic nitrogens is 1. The van der Waals surface area contributed by atoms with Crippen molar-refractivity contribution in [3.63, 3.8) is 0 Å². The lowest BCUT2D eigenvalue weighted by Crippen LogP contribution is -1.91. The summed E-state index contributed by atoms with van der Waals surface area (Å²) in [7, 11) is 0. The predicted octanol–water partition coefficient (Wildman–Crippen LogP) is 4.96. The summed E-state index contributed by atoms with van der Waals surface area (Å²) in [6, 6.07) is 6.17. The summed E-state index contributed by atoms with van der Waals surface area (Å²) in [5, 5.41) is 2.81. The van der Waals surface area contributed by atoms with Crippen LogP contribution in [0.2, 0.25) is 5.02 Å². The van der Waals surface area contributed by atoms with Crippen LogP contribution < -0.4 is 0 Å². The van der Waals surface area contributed by atoms with Crippen LogP contribution in [0.25, 0.3) is 10.9 Å². The molecule has 0 aliphatic carbocycles. The highest BCUT2D eigenvalue weighted by Crippen LogP contribution is 2.31. The van der Waals surface area contributed by atoms with E-state index < -0.39 is 0 Å². The van der Waals surface area contributed by atoms with E-state index in [1.807, 2.05) is 23.9 Å². The van der Waals surface area contributed by atoms with Gasteiger partial charge >= 0.3 is 0 Å². The normalized spacial score (nSPS) is 11.6. The average molecular weight is 268 g/mol. The van der Waals surface area contributed by atoms with Crippen LogP contribution in [0, 0.1) is 0 Å². The molecule has 1 nitrogen and oxygen atoms in total. The van der Waals surface area contributed by atoms with E-state index >= 15 is 0 Å². The molecule has 0 spiro atoms. The number of aryl methyl sites for hydroxylation is 1. The summed E-state index contributed by atoms with van der Waals surface area (Å²) in [4.78, 5) is 0. The van der Waals surface area contributed by atoms with Crippen molar-refractivity contribution in [1.29, 1.82) is 0 Å². The molecule has 17 heavy (non-hydrogen) atoms. The highest BCUT2D eigenvalue weighted by Gasteiger charge is 2.10. The van der Waals surface area contributed by atoms with Crippen molar-refractivity contribution in [2.75, 3.05) is 0 Å². The molecule has 2 rings (SSSR count). The van der Waals surface area contributed by atoms with Gasteiger partial charge in [0.15, 0.2) is 0 Å². The van der Waals surface area contributed by atoms with Crippen LogP contribution in [0.1, 0.15) is 26.3 Å². The monoisotopic (exact) mass is 267 g/mol. The summed E-state index contributed by atoms with van der Waals surface area (Å²) in [6.07, 6.45) is 2.24. The van der Waals surface area contributed by atoms with Gasteiger partial charge in [0.25, 0.3) is 0 Å². The number of nitrogens with zero attached hydrogens (tertiary/aromatic N) is 1. The molecular weight excluding hydrogens is 250 g/mol. The maximum absolute atomic E-state index is 6.29. The van der Waals surface area contributed by atoms with Crippen molar-refractivity contribution < 1.29 is 0 Å². The molecule has 1 aromatic carbocycles. The molecule has 0 saturated heterocycles. The lowest BCUT2D eigenvalue weighted by molar-refractivity contribution is 0.795. The Morgan fingerprint density at radius 1 is 1.35 bits per heavy atom. The Morgan fingerprint density at radius 3 is 2.76 bits per heavy atom. The third kappa shape index (κ3) is 2.63. The molecule has 0 fully saturated rings. The first-order valence-corrected chi connectivity index (χ1v) is 7.44. The van der Waals surface area contributed by atoms with Crippen LogP contribution in [-0.4, -0.2) is 9.82 Å². The molecule has 0 bridgehead atoms.